The molecule has 0 amide bonds. The molecule has 2 fully saturated rings. The van der Waals surface area contributed by atoms with Crippen molar-refractivity contribution in [3.05, 3.63) is 46.0 Å². The molecule has 2 saturated heterocycles. The van der Waals surface area contributed by atoms with Crippen molar-refractivity contribution in [3.63, 3.8) is 0 Å². The van der Waals surface area contributed by atoms with Crippen LogP contribution in [0.5, 0.6) is 0 Å². The van der Waals surface area contributed by atoms with Crippen LogP contribution in [0.15, 0.2) is 24.3 Å². The third-order valence-electron chi connectivity index (χ3n) is 9.30. The lowest BCUT2D eigenvalue weighted by molar-refractivity contribution is -0.126. The Morgan fingerprint density at radius 2 is 1.85 bits per heavy atom. The number of aryl methyl sites for hydroxylation is 1. The van der Waals surface area contributed by atoms with E-state index in [9.17, 15) is 18.4 Å². The number of hydrogen-bond acceptors (Lipinski definition) is 11. The smallest absolute Gasteiger partial charge is 0.368 e. The van der Waals surface area contributed by atoms with Gasteiger partial charge in [0.15, 0.2) is 0 Å². The number of fused-ring (bicyclic) bond motifs is 2. The number of nitrogen functional groups attached to an aromatic ring is 1. The van der Waals surface area contributed by atoms with Gasteiger partial charge in [0.2, 0.25) is 5.95 Å². The summed E-state index contributed by atoms with van der Waals surface area (Å²) >= 11 is 2.67. The summed E-state index contributed by atoms with van der Waals surface area (Å²) in [6.45, 7) is 11.7. The topological polar surface area (TPSA) is 114 Å². The SMILES string of the molecule is CNSN1CCN([C@@H](C)Cn2c(C#N)cc3c(C)c(CN4CCC(Nc5nc(N)nc6sc(CC(F)(F)F)cc56)CC4)ccc32)CC1. The monoisotopic (exact) mass is 686 g/mol. The first kappa shape index (κ1) is 33.8. The second-order valence-corrected chi connectivity index (χ2v) is 14.7. The zero-order chi connectivity index (χ0) is 33.3. The predicted octanol–water partition coefficient (Wildman–Crippen LogP) is 5.38. The molecule has 1 aromatic carbocycles. The molecular formula is C32H41F3N10S2. The Balaban J connectivity index is 1.09. The van der Waals surface area contributed by atoms with E-state index >= 15 is 0 Å². The van der Waals surface area contributed by atoms with Crippen LogP contribution in [0.1, 0.15) is 41.5 Å². The summed E-state index contributed by atoms with van der Waals surface area (Å²) in [6.07, 6.45) is -3.56. The van der Waals surface area contributed by atoms with Gasteiger partial charge in [-0.3, -0.25) is 14.5 Å². The molecule has 2 aliphatic heterocycles. The second-order valence-electron chi connectivity index (χ2n) is 12.5. The van der Waals surface area contributed by atoms with E-state index < -0.39 is 12.6 Å². The van der Waals surface area contributed by atoms with Gasteiger partial charge in [0, 0.05) is 92.4 Å². The van der Waals surface area contributed by atoms with Crippen molar-refractivity contribution in [1.82, 2.24) is 33.4 Å². The van der Waals surface area contributed by atoms with E-state index in [4.69, 9.17) is 5.73 Å². The van der Waals surface area contributed by atoms with Crippen LogP contribution in [-0.2, 0) is 19.5 Å². The average molecular weight is 687 g/mol. The van der Waals surface area contributed by atoms with Gasteiger partial charge >= 0.3 is 6.18 Å². The van der Waals surface area contributed by atoms with Gasteiger partial charge in [-0.2, -0.15) is 23.4 Å². The Morgan fingerprint density at radius 3 is 2.53 bits per heavy atom. The molecule has 0 unspecified atom stereocenters. The summed E-state index contributed by atoms with van der Waals surface area (Å²) in [6, 6.07) is 10.8. The van der Waals surface area contributed by atoms with Crippen LogP contribution < -0.4 is 15.8 Å². The standard InChI is InChI=1S/C32H41F3N10S2/c1-20(43-10-12-44(13-11-43)47-38-3)18-45-24(17-36)14-26-21(2)22(4-5-28(26)45)19-42-8-6-23(7-9-42)39-29-27-15-25(16-32(33,34)35)46-30(27)41-31(37)40-29/h4-5,14-15,20,23,38H,6-13,16,18-19H2,1-3H3,(H3,37,39,40,41)/t20-/m0/s1. The highest BCUT2D eigenvalue weighted by atomic mass is 32.2. The average Bonchev–Trinajstić information content (AvgIpc) is 3.59. The van der Waals surface area contributed by atoms with Crippen molar-refractivity contribution >= 4 is 56.4 Å². The van der Waals surface area contributed by atoms with Crippen molar-refractivity contribution in [3.8, 4) is 6.07 Å². The van der Waals surface area contributed by atoms with E-state index in [1.54, 1.807) is 12.1 Å². The Morgan fingerprint density at radius 1 is 1.11 bits per heavy atom. The van der Waals surface area contributed by atoms with Crippen molar-refractivity contribution in [2.75, 3.05) is 57.4 Å². The lowest BCUT2D eigenvalue weighted by atomic mass is 10.0. The molecule has 10 nitrogen and oxygen atoms in total. The summed E-state index contributed by atoms with van der Waals surface area (Å²) in [5, 5.41) is 15.2. The first-order valence-corrected chi connectivity index (χ1v) is 17.6. The van der Waals surface area contributed by atoms with Crippen LogP contribution in [-0.4, -0.2) is 93.2 Å². The predicted molar refractivity (Wildman–Crippen MR) is 184 cm³/mol. The summed E-state index contributed by atoms with van der Waals surface area (Å²) in [4.78, 5) is 14.1. The van der Waals surface area contributed by atoms with E-state index in [0.29, 0.717) is 27.8 Å². The van der Waals surface area contributed by atoms with Crippen LogP contribution >= 0.6 is 23.5 Å². The fourth-order valence-electron chi connectivity index (χ4n) is 6.78. The molecule has 15 heteroatoms. The number of nitriles is 1. The first-order valence-electron chi connectivity index (χ1n) is 16.0. The molecule has 47 heavy (non-hydrogen) atoms. The van der Waals surface area contributed by atoms with E-state index in [-0.39, 0.29) is 16.9 Å². The van der Waals surface area contributed by atoms with Gasteiger partial charge in [0.1, 0.15) is 22.4 Å². The number of alkyl halides is 3. The normalized spacial score (nSPS) is 18.2. The number of anilines is 2. The number of piperazine rings is 1. The third kappa shape index (κ3) is 7.79. The van der Waals surface area contributed by atoms with Crippen molar-refractivity contribution in [1.29, 1.82) is 5.26 Å². The number of nitrogens with one attached hydrogen (secondary N) is 2. The van der Waals surface area contributed by atoms with E-state index in [0.717, 1.165) is 87.4 Å². The van der Waals surface area contributed by atoms with E-state index in [1.807, 2.05) is 13.1 Å². The van der Waals surface area contributed by atoms with E-state index in [2.05, 4.69) is 70.7 Å². The molecule has 0 aliphatic carbocycles. The highest BCUT2D eigenvalue weighted by Gasteiger charge is 2.30. The van der Waals surface area contributed by atoms with Gasteiger partial charge in [0.25, 0.3) is 0 Å². The summed E-state index contributed by atoms with van der Waals surface area (Å²) < 4.78 is 46.7. The van der Waals surface area contributed by atoms with Crippen molar-refractivity contribution < 1.29 is 13.2 Å². The number of nitrogens with zero attached hydrogens (tertiary/aromatic N) is 7. The number of hydrogen-bond donors (Lipinski definition) is 3. The maximum atomic E-state index is 13.0. The quantitative estimate of drug-likeness (QED) is 0.188. The number of piperidine rings is 1. The minimum absolute atomic E-state index is 0.0498. The minimum atomic E-state index is -4.29. The Kier molecular flexibility index (Phi) is 10.2. The summed E-state index contributed by atoms with van der Waals surface area (Å²) in [5.41, 5.74) is 10.2. The molecule has 6 rings (SSSR count). The lowest BCUT2D eigenvalue weighted by Gasteiger charge is -2.37. The molecular weight excluding hydrogens is 646 g/mol. The van der Waals surface area contributed by atoms with Crippen LogP contribution in [0.2, 0.25) is 0 Å². The van der Waals surface area contributed by atoms with Gasteiger partial charge in [-0.15, -0.1) is 11.3 Å². The fourth-order valence-corrected chi connectivity index (χ4v) is 8.45. The van der Waals surface area contributed by atoms with Crippen LogP contribution in [0.25, 0.3) is 21.1 Å². The zero-order valence-corrected chi connectivity index (χ0v) is 28.5. The molecule has 252 valence electrons. The fraction of sp³-hybridized carbons (Fsp3) is 0.531. The number of benzene rings is 1. The first-order chi connectivity index (χ1) is 22.5. The molecule has 5 heterocycles. The lowest BCUT2D eigenvalue weighted by Crippen LogP contribution is -2.49. The van der Waals surface area contributed by atoms with Crippen LogP contribution in [0, 0.1) is 18.3 Å². The molecule has 0 bridgehead atoms. The maximum Gasteiger partial charge on any atom is 0.393 e. The number of likely N-dealkylation sites (tertiary alicyclic amines) is 1. The Labute approximate surface area is 281 Å². The largest absolute Gasteiger partial charge is 0.393 e. The summed E-state index contributed by atoms with van der Waals surface area (Å²) in [7, 11) is 1.95. The molecule has 2 aliphatic rings. The molecule has 4 aromatic rings. The molecule has 0 saturated carbocycles. The number of rotatable bonds is 10. The maximum absolute atomic E-state index is 13.0. The molecule has 4 N–H and O–H groups in total. The van der Waals surface area contributed by atoms with Crippen molar-refractivity contribution in [2.45, 2.75) is 64.5 Å². The highest BCUT2D eigenvalue weighted by molar-refractivity contribution is 7.95. The van der Waals surface area contributed by atoms with Gasteiger partial charge < -0.3 is 15.6 Å². The van der Waals surface area contributed by atoms with E-state index in [1.165, 1.54) is 17.2 Å². The third-order valence-corrected chi connectivity index (χ3v) is 11.1. The molecule has 1 atom stereocenters. The number of nitrogens with two attached hydrogens (primary N) is 1. The second kappa shape index (κ2) is 14.2. The van der Waals surface area contributed by atoms with Crippen LogP contribution in [0.3, 0.4) is 0 Å². The molecule has 3 aromatic heterocycles. The Hall–Kier alpha value is -3.13. The minimum Gasteiger partial charge on any atom is -0.368 e. The number of halogens is 3. The van der Waals surface area contributed by atoms with Gasteiger partial charge in [-0.25, -0.2) is 9.29 Å². The van der Waals surface area contributed by atoms with Crippen LogP contribution in [0.4, 0.5) is 24.9 Å². The Bertz CT molecular complexity index is 1750. The molecule has 0 spiro atoms. The number of thiophene rings is 1. The van der Waals surface area contributed by atoms with Gasteiger partial charge in [0.05, 0.1) is 11.8 Å². The zero-order valence-electron chi connectivity index (χ0n) is 26.9. The molecule has 0 radical (unpaired) electrons. The van der Waals surface area contributed by atoms with Gasteiger partial charge in [-0.05, 0) is 63.1 Å². The van der Waals surface area contributed by atoms with Crippen molar-refractivity contribution in [2.24, 2.45) is 0 Å². The number of aromatic nitrogens is 3. The van der Waals surface area contributed by atoms with Gasteiger partial charge in [-0.1, -0.05) is 6.07 Å². The summed E-state index contributed by atoms with van der Waals surface area (Å²) in [5.74, 6) is 0.549. The highest BCUT2D eigenvalue weighted by Crippen LogP contribution is 2.34.